The second-order valence-electron chi connectivity index (χ2n) is 8.62. The third-order valence-corrected chi connectivity index (χ3v) is 9.20. The molecule has 3 N–H and O–H groups in total. The Morgan fingerprint density at radius 3 is 3.00 bits per heavy atom. The normalized spacial score (nSPS) is 21.6. The lowest BCUT2D eigenvalue weighted by molar-refractivity contribution is -0.150. The van der Waals surface area contributed by atoms with E-state index in [4.69, 9.17) is 11.3 Å². The van der Waals surface area contributed by atoms with Gasteiger partial charge in [-0.2, -0.15) is 0 Å². The lowest BCUT2D eigenvalue weighted by Gasteiger charge is -2.49. The molecule has 1 saturated heterocycles. The van der Waals surface area contributed by atoms with Gasteiger partial charge in [0.05, 0.1) is 0 Å². The Bertz CT molecular complexity index is 1510. The fourth-order valence-corrected chi connectivity index (χ4v) is 7.17. The number of carbonyl (C=O) groups is 4. The van der Waals surface area contributed by atoms with Crippen molar-refractivity contribution in [3.05, 3.63) is 34.5 Å². The number of hydrogen-bond donors (Lipinski definition) is 3. The van der Waals surface area contributed by atoms with Crippen LogP contribution in [0.15, 0.2) is 39.1 Å². The van der Waals surface area contributed by atoms with Crippen LogP contribution in [0.5, 0.6) is 0 Å². The number of tetrazole rings is 1. The zero-order valence-corrected chi connectivity index (χ0v) is 23.4. The van der Waals surface area contributed by atoms with Gasteiger partial charge in [-0.15, -0.1) is 34.6 Å². The first-order valence-electron chi connectivity index (χ1n) is 12.0. The van der Waals surface area contributed by atoms with E-state index in [2.05, 4.69) is 42.2 Å². The number of carboxylic acid groups (broad SMARTS) is 1. The Morgan fingerprint density at radius 2 is 2.27 bits per heavy atom. The Kier molecular flexibility index (Phi) is 8.66. The van der Waals surface area contributed by atoms with E-state index in [0.29, 0.717) is 29.3 Å². The van der Waals surface area contributed by atoms with Gasteiger partial charge in [0.25, 0.3) is 11.8 Å². The second-order valence-corrected chi connectivity index (χ2v) is 11.5. The molecular weight excluding hydrogens is 595 g/mol. The Morgan fingerprint density at radius 1 is 1.41 bits per heavy atom. The maximum Gasteiger partial charge on any atom is 0.352 e. The van der Waals surface area contributed by atoms with Crippen LogP contribution in [-0.4, -0.2) is 94.1 Å². The average molecular weight is 616 g/mol. The number of carbonyl (C=O) groups excluding carboxylic acids is 3. The summed E-state index contributed by atoms with van der Waals surface area (Å²) in [5, 5.41) is 31.9. The molecule has 1 aliphatic carbocycles. The number of thiazole rings is 1. The van der Waals surface area contributed by atoms with Crippen LogP contribution in [0.3, 0.4) is 0 Å². The van der Waals surface area contributed by atoms with E-state index in [1.807, 2.05) is 12.2 Å². The highest BCUT2D eigenvalue weighted by molar-refractivity contribution is 8.01. The molecule has 0 radical (unpaired) electrons. The number of carboxylic acids is 1. The minimum absolute atomic E-state index is 0.137. The fraction of sp³-hybridized carbons (Fsp3) is 0.348. The van der Waals surface area contributed by atoms with E-state index in [-0.39, 0.29) is 40.6 Å². The van der Waals surface area contributed by atoms with Gasteiger partial charge in [-0.25, -0.2) is 14.5 Å². The van der Waals surface area contributed by atoms with Crippen molar-refractivity contribution >= 4 is 69.9 Å². The van der Waals surface area contributed by atoms with Crippen LogP contribution >= 0.6 is 34.9 Å². The van der Waals surface area contributed by atoms with E-state index in [9.17, 15) is 24.3 Å². The summed E-state index contributed by atoms with van der Waals surface area (Å²) in [6.07, 6.45) is 10.8. The number of anilines is 1. The van der Waals surface area contributed by atoms with Crippen LogP contribution in [-0.2, 0) is 30.6 Å². The monoisotopic (exact) mass is 615 g/mol. The quantitative estimate of drug-likeness (QED) is 0.0563. The minimum atomic E-state index is -1.26. The summed E-state index contributed by atoms with van der Waals surface area (Å²) in [6.45, 7) is 0.159. The summed E-state index contributed by atoms with van der Waals surface area (Å²) in [7, 11) is 0. The number of nitrogens with zero attached hydrogens (tertiary/aromatic N) is 7. The summed E-state index contributed by atoms with van der Waals surface area (Å²) in [4.78, 5) is 60.4. The van der Waals surface area contributed by atoms with Crippen molar-refractivity contribution in [2.75, 3.05) is 16.8 Å². The van der Waals surface area contributed by atoms with Crippen molar-refractivity contribution in [2.45, 2.75) is 42.1 Å². The third kappa shape index (κ3) is 5.96. The smallest absolute Gasteiger partial charge is 0.352 e. The highest BCUT2D eigenvalue weighted by Crippen LogP contribution is 2.41. The zero-order valence-electron chi connectivity index (χ0n) is 21.0. The van der Waals surface area contributed by atoms with Gasteiger partial charge < -0.3 is 20.6 Å². The number of terminal acetylenes is 1. The number of aromatic nitrogens is 5. The first-order valence-corrected chi connectivity index (χ1v) is 14.9. The Labute approximate surface area is 244 Å². The molecular formula is C23H21N9O6S3. The van der Waals surface area contributed by atoms with Crippen LogP contribution in [0, 0.1) is 12.3 Å². The maximum absolute atomic E-state index is 13.3. The number of thioether (sulfide) groups is 2. The molecule has 15 nitrogen and oxygen atoms in total. The molecule has 2 aromatic rings. The predicted octanol–water partition coefficient (Wildman–Crippen LogP) is 0.301. The zero-order chi connectivity index (χ0) is 28.9. The van der Waals surface area contributed by atoms with E-state index in [1.165, 1.54) is 38.5 Å². The lowest BCUT2D eigenvalue weighted by atomic mass is 10.0. The molecule has 18 heteroatoms. The van der Waals surface area contributed by atoms with Gasteiger partial charge in [0, 0.05) is 16.9 Å². The van der Waals surface area contributed by atoms with Gasteiger partial charge in [-0.3, -0.25) is 19.3 Å². The number of aliphatic carboxylic acids is 1. The van der Waals surface area contributed by atoms with Gasteiger partial charge in [0.1, 0.15) is 35.5 Å². The average Bonchev–Trinajstić information content (AvgIpc) is 3.74. The van der Waals surface area contributed by atoms with E-state index < -0.39 is 29.2 Å². The molecule has 41 heavy (non-hydrogen) atoms. The van der Waals surface area contributed by atoms with Crippen molar-refractivity contribution in [2.24, 2.45) is 5.16 Å². The summed E-state index contributed by atoms with van der Waals surface area (Å²) in [5.74, 6) is 0.403. The fourth-order valence-electron chi connectivity index (χ4n) is 4.16. The number of nitrogens with one attached hydrogen (secondary N) is 2. The van der Waals surface area contributed by atoms with Gasteiger partial charge in [-0.05, 0) is 34.9 Å². The van der Waals surface area contributed by atoms with Crippen molar-refractivity contribution in [3.8, 4) is 12.3 Å². The second kappa shape index (κ2) is 12.5. The number of hydrogen-bond acceptors (Lipinski definition) is 13. The minimum Gasteiger partial charge on any atom is -0.477 e. The first kappa shape index (κ1) is 28.3. The van der Waals surface area contributed by atoms with Crippen molar-refractivity contribution in [3.63, 3.8) is 0 Å². The number of amides is 3. The predicted molar refractivity (Wildman–Crippen MR) is 149 cm³/mol. The molecule has 3 amide bonds. The molecule has 0 spiro atoms. The molecule has 212 valence electrons. The topological polar surface area (TPSA) is 194 Å². The lowest BCUT2D eigenvalue weighted by Crippen LogP contribution is -2.71. The number of allylic oxidation sites excluding steroid dienone is 1. The van der Waals surface area contributed by atoms with Crippen molar-refractivity contribution in [1.82, 2.24) is 35.4 Å². The number of oxime groups is 1. The summed E-state index contributed by atoms with van der Waals surface area (Å²) >= 11 is 3.61. The Hall–Kier alpha value is -4.21. The first-order chi connectivity index (χ1) is 19.9. The van der Waals surface area contributed by atoms with Gasteiger partial charge in [-0.1, -0.05) is 28.9 Å². The van der Waals surface area contributed by atoms with E-state index >= 15 is 0 Å². The molecule has 0 aromatic carbocycles. The van der Waals surface area contributed by atoms with Crippen LogP contribution in [0.25, 0.3) is 0 Å². The molecule has 5 rings (SSSR count). The molecule has 2 aliphatic heterocycles. The van der Waals surface area contributed by atoms with Crippen molar-refractivity contribution in [1.29, 1.82) is 0 Å². The summed E-state index contributed by atoms with van der Waals surface area (Å²) in [5.41, 5.74) is 0.344. The third-order valence-electron chi connectivity index (χ3n) is 6.04. The maximum atomic E-state index is 13.3. The molecule has 1 fully saturated rings. The highest BCUT2D eigenvalue weighted by atomic mass is 32.2. The van der Waals surface area contributed by atoms with Gasteiger partial charge in [0.2, 0.25) is 11.6 Å². The van der Waals surface area contributed by atoms with Gasteiger partial charge >= 0.3 is 5.97 Å². The van der Waals surface area contributed by atoms with Gasteiger partial charge in [0.15, 0.2) is 10.8 Å². The van der Waals surface area contributed by atoms with Crippen molar-refractivity contribution < 1.29 is 29.1 Å². The van der Waals surface area contributed by atoms with Crippen LogP contribution in [0.1, 0.15) is 18.5 Å². The van der Waals surface area contributed by atoms with Crippen LogP contribution in [0.4, 0.5) is 5.13 Å². The summed E-state index contributed by atoms with van der Waals surface area (Å²) < 4.78 is 1.41. The molecule has 2 aromatic heterocycles. The largest absolute Gasteiger partial charge is 0.477 e. The Balaban J connectivity index is 1.31. The number of fused-ring (bicyclic) bond motifs is 1. The van der Waals surface area contributed by atoms with Crippen LogP contribution in [0.2, 0.25) is 0 Å². The molecule has 2 unspecified atom stereocenters. The molecule has 0 bridgehead atoms. The van der Waals surface area contributed by atoms with E-state index in [1.54, 1.807) is 0 Å². The standard InChI is InChI=1S/C23H21N9O6S3/c1-2-7-31-23(27-29-30-31)41-9-12-8-39-20-16(19(35)32(20)17(12)21(36)37)26-18(34)15(28-38-13-5-3-4-6-13)14-10-40-22(25-14)24-11-33/h1,3,5,10-11,13,16,20H,4,6-9H2,(H,26,34)(H,36,37)(H,24,25,33)/t13?,16?,20-/m0/s1. The molecule has 4 heterocycles. The number of β-lactam (4-membered cyclic amide) rings is 1. The van der Waals surface area contributed by atoms with Crippen LogP contribution < -0.4 is 10.6 Å². The molecule has 3 aliphatic rings. The molecule has 0 saturated carbocycles. The SMILES string of the molecule is C#CCn1nnnc1SCC1=C(C(=O)O)N2C(=O)C(NC(=O)C(=NOC3C=CCC3)c3csc(NC=O)n3)[C@@H]2SC1. The molecule has 3 atom stereocenters. The summed E-state index contributed by atoms with van der Waals surface area (Å²) in [6, 6.07) is -0.998. The highest BCUT2D eigenvalue weighted by Gasteiger charge is 2.54. The van der Waals surface area contributed by atoms with E-state index in [0.717, 1.165) is 17.8 Å². The number of rotatable bonds is 12.